The quantitative estimate of drug-likeness (QED) is 0.385. The average molecular weight is 484 g/mol. The second-order valence-electron chi connectivity index (χ2n) is 7.91. The number of nitrogens with one attached hydrogen (secondary N) is 1. The zero-order valence-corrected chi connectivity index (χ0v) is 19.8. The van der Waals surface area contributed by atoms with Crippen molar-refractivity contribution in [1.82, 2.24) is 24.5 Å². The van der Waals surface area contributed by atoms with E-state index in [4.69, 9.17) is 10.5 Å². The number of benzene rings is 1. The van der Waals surface area contributed by atoms with Gasteiger partial charge in [0.2, 0.25) is 0 Å². The van der Waals surface area contributed by atoms with Crippen molar-refractivity contribution >= 4 is 23.4 Å². The fraction of sp³-hybridized carbons (Fsp3) is 0.391. The summed E-state index contributed by atoms with van der Waals surface area (Å²) in [6.45, 7) is 4.00. The van der Waals surface area contributed by atoms with Gasteiger partial charge in [-0.3, -0.25) is 19.1 Å². The molecule has 12 heteroatoms. The number of H-pyrrole nitrogens is 1. The molecule has 0 aliphatic carbocycles. The van der Waals surface area contributed by atoms with Crippen molar-refractivity contribution < 1.29 is 14.3 Å². The Morgan fingerprint density at radius 1 is 1.14 bits per heavy atom. The Labute approximate surface area is 201 Å². The minimum Gasteiger partial charge on any atom is -0.451 e. The van der Waals surface area contributed by atoms with Gasteiger partial charge in [0.15, 0.2) is 18.0 Å². The van der Waals surface area contributed by atoms with Crippen LogP contribution in [-0.2, 0) is 22.6 Å². The molecule has 0 bridgehead atoms. The molecule has 0 aliphatic heterocycles. The molecule has 35 heavy (non-hydrogen) atoms. The van der Waals surface area contributed by atoms with Crippen LogP contribution in [0, 0.1) is 0 Å². The number of unbranched alkanes of at least 4 members (excludes halogenated alkanes) is 1. The van der Waals surface area contributed by atoms with Crippen LogP contribution in [0.25, 0.3) is 0 Å². The van der Waals surface area contributed by atoms with E-state index in [1.165, 1.54) is 15.4 Å². The SMILES string of the molecule is CCCCN(C(=O)COC(=O)c1cn(Cc2ccccc2)nn1)c1c(N)n(CCC)c(=O)[nH]c1=O. The molecule has 0 atom stereocenters. The summed E-state index contributed by atoms with van der Waals surface area (Å²) >= 11 is 0. The number of amides is 1. The summed E-state index contributed by atoms with van der Waals surface area (Å²) in [6, 6.07) is 9.52. The first kappa shape index (κ1) is 25.4. The number of hydrogen-bond donors (Lipinski definition) is 2. The second kappa shape index (κ2) is 11.8. The molecule has 1 aromatic carbocycles. The molecule has 2 aromatic heterocycles. The molecule has 1 amide bonds. The van der Waals surface area contributed by atoms with Gasteiger partial charge < -0.3 is 15.4 Å². The van der Waals surface area contributed by atoms with Gasteiger partial charge in [-0.1, -0.05) is 55.8 Å². The maximum Gasteiger partial charge on any atom is 0.361 e. The Morgan fingerprint density at radius 2 is 1.89 bits per heavy atom. The van der Waals surface area contributed by atoms with E-state index in [0.29, 0.717) is 19.4 Å². The smallest absolute Gasteiger partial charge is 0.361 e. The minimum atomic E-state index is -0.828. The van der Waals surface area contributed by atoms with E-state index in [2.05, 4.69) is 15.3 Å². The Hall–Kier alpha value is -4.22. The third kappa shape index (κ3) is 6.22. The monoisotopic (exact) mass is 483 g/mol. The molecule has 0 fully saturated rings. The van der Waals surface area contributed by atoms with Crippen LogP contribution in [0.4, 0.5) is 11.5 Å². The number of ether oxygens (including phenoxy) is 1. The van der Waals surface area contributed by atoms with Gasteiger partial charge in [0, 0.05) is 13.1 Å². The van der Waals surface area contributed by atoms with E-state index in [1.807, 2.05) is 44.2 Å². The van der Waals surface area contributed by atoms with Gasteiger partial charge in [0.25, 0.3) is 11.5 Å². The second-order valence-corrected chi connectivity index (χ2v) is 7.91. The van der Waals surface area contributed by atoms with Crippen molar-refractivity contribution in [3.8, 4) is 0 Å². The van der Waals surface area contributed by atoms with E-state index in [-0.39, 0.29) is 30.3 Å². The zero-order chi connectivity index (χ0) is 25.4. The molecule has 3 aromatic rings. The molecule has 0 spiro atoms. The average Bonchev–Trinajstić information content (AvgIpc) is 3.31. The van der Waals surface area contributed by atoms with Crippen LogP contribution in [0.5, 0.6) is 0 Å². The maximum atomic E-state index is 13.0. The summed E-state index contributed by atoms with van der Waals surface area (Å²) in [4.78, 5) is 53.5. The van der Waals surface area contributed by atoms with Gasteiger partial charge in [0.1, 0.15) is 5.82 Å². The Balaban J connectivity index is 1.74. The summed E-state index contributed by atoms with van der Waals surface area (Å²) in [5, 5.41) is 7.73. The number of aromatic amines is 1. The zero-order valence-electron chi connectivity index (χ0n) is 19.8. The van der Waals surface area contributed by atoms with Crippen LogP contribution in [0.15, 0.2) is 46.1 Å². The van der Waals surface area contributed by atoms with Crippen LogP contribution in [0.2, 0.25) is 0 Å². The summed E-state index contributed by atoms with van der Waals surface area (Å²) in [6.07, 6.45) is 3.33. The number of rotatable bonds is 11. The molecule has 0 saturated carbocycles. The van der Waals surface area contributed by atoms with Gasteiger partial charge >= 0.3 is 11.7 Å². The first-order chi connectivity index (χ1) is 16.8. The predicted molar refractivity (Wildman–Crippen MR) is 129 cm³/mol. The maximum absolute atomic E-state index is 13.0. The number of nitrogens with zero attached hydrogens (tertiary/aromatic N) is 5. The number of carbonyl (C=O) groups is 2. The molecule has 3 N–H and O–H groups in total. The highest BCUT2D eigenvalue weighted by Gasteiger charge is 2.25. The molecule has 0 saturated heterocycles. The third-order valence-electron chi connectivity index (χ3n) is 5.23. The number of nitrogens with two attached hydrogens (primary N) is 1. The highest BCUT2D eigenvalue weighted by Crippen LogP contribution is 2.18. The van der Waals surface area contributed by atoms with Crippen molar-refractivity contribution in [2.75, 3.05) is 23.8 Å². The number of aromatic nitrogens is 5. The minimum absolute atomic E-state index is 0.0531. The molecule has 2 heterocycles. The molecule has 0 radical (unpaired) electrons. The summed E-state index contributed by atoms with van der Waals surface area (Å²) in [5.74, 6) is -1.59. The first-order valence-electron chi connectivity index (χ1n) is 11.4. The fourth-order valence-electron chi connectivity index (χ4n) is 3.48. The van der Waals surface area contributed by atoms with Gasteiger partial charge in [-0.05, 0) is 18.4 Å². The lowest BCUT2D eigenvalue weighted by Gasteiger charge is -2.24. The van der Waals surface area contributed by atoms with Crippen molar-refractivity contribution in [3.05, 3.63) is 68.6 Å². The number of nitrogen functional groups attached to an aromatic ring is 1. The molecule has 3 rings (SSSR count). The van der Waals surface area contributed by atoms with Gasteiger partial charge in [-0.25, -0.2) is 14.3 Å². The van der Waals surface area contributed by atoms with Crippen molar-refractivity contribution in [3.63, 3.8) is 0 Å². The molecule has 0 aliphatic rings. The predicted octanol–water partition coefficient (Wildman–Crippen LogP) is 1.16. The van der Waals surface area contributed by atoms with E-state index in [9.17, 15) is 19.2 Å². The lowest BCUT2D eigenvalue weighted by atomic mass is 10.2. The first-order valence-corrected chi connectivity index (χ1v) is 11.4. The Bertz CT molecular complexity index is 1280. The van der Waals surface area contributed by atoms with Crippen molar-refractivity contribution in [1.29, 1.82) is 0 Å². The van der Waals surface area contributed by atoms with E-state index < -0.39 is 29.7 Å². The highest BCUT2D eigenvalue weighted by atomic mass is 16.5. The van der Waals surface area contributed by atoms with Gasteiger partial charge in [0.05, 0.1) is 12.7 Å². The van der Waals surface area contributed by atoms with Crippen LogP contribution >= 0.6 is 0 Å². The number of anilines is 2. The van der Waals surface area contributed by atoms with Crippen molar-refractivity contribution in [2.24, 2.45) is 0 Å². The van der Waals surface area contributed by atoms with E-state index >= 15 is 0 Å². The molecular weight excluding hydrogens is 454 g/mol. The Kier molecular flexibility index (Phi) is 8.54. The lowest BCUT2D eigenvalue weighted by molar-refractivity contribution is -0.121. The van der Waals surface area contributed by atoms with Gasteiger partial charge in [-0.2, -0.15) is 0 Å². The molecule has 0 unspecified atom stereocenters. The van der Waals surface area contributed by atoms with Crippen molar-refractivity contribution in [2.45, 2.75) is 46.2 Å². The summed E-state index contributed by atoms with van der Waals surface area (Å²) < 4.78 is 7.84. The fourth-order valence-corrected chi connectivity index (χ4v) is 3.48. The number of hydrogen-bond acceptors (Lipinski definition) is 8. The normalized spacial score (nSPS) is 10.8. The van der Waals surface area contributed by atoms with Crippen LogP contribution < -0.4 is 21.9 Å². The Morgan fingerprint density at radius 3 is 2.57 bits per heavy atom. The van der Waals surface area contributed by atoms with Crippen LogP contribution in [0.1, 0.15) is 49.2 Å². The van der Waals surface area contributed by atoms with Crippen LogP contribution in [0.3, 0.4) is 0 Å². The molecule has 186 valence electrons. The topological polar surface area (TPSA) is 158 Å². The molecule has 12 nitrogen and oxygen atoms in total. The van der Waals surface area contributed by atoms with Crippen LogP contribution in [-0.4, -0.2) is 49.6 Å². The molecular formula is C23H29N7O5. The third-order valence-corrected chi connectivity index (χ3v) is 5.23. The van der Waals surface area contributed by atoms with Gasteiger partial charge in [-0.15, -0.1) is 5.10 Å². The number of esters is 1. The van der Waals surface area contributed by atoms with E-state index in [0.717, 1.165) is 16.9 Å². The van der Waals surface area contributed by atoms with E-state index in [1.54, 1.807) is 0 Å². The summed E-state index contributed by atoms with van der Waals surface area (Å²) in [7, 11) is 0. The lowest BCUT2D eigenvalue weighted by Crippen LogP contribution is -2.43. The number of carbonyl (C=O) groups excluding carboxylic acids is 2. The standard InChI is InChI=1S/C23H29N7O5/c1-3-5-12-29(19-20(24)30(11-4-2)23(34)25-21(19)32)18(31)15-35-22(33)17-14-28(27-26-17)13-16-9-7-6-8-10-16/h6-10,14H,3-5,11-13,15,24H2,1-2H3,(H,25,32,34). The summed E-state index contributed by atoms with van der Waals surface area (Å²) in [5.41, 5.74) is 5.48. The highest BCUT2D eigenvalue weighted by molar-refractivity contribution is 5.98. The largest absolute Gasteiger partial charge is 0.451 e.